The smallest absolute Gasteiger partial charge is 0.262 e. The molecule has 0 fully saturated rings. The molecule has 0 spiro atoms. The highest BCUT2D eigenvalue weighted by Crippen LogP contribution is 2.27. The molecular formula is C23H30N4O2S. The molecule has 0 atom stereocenters. The summed E-state index contributed by atoms with van der Waals surface area (Å²) in [7, 11) is 0.0300. The van der Waals surface area contributed by atoms with Crippen LogP contribution in [0.1, 0.15) is 30.8 Å². The van der Waals surface area contributed by atoms with Gasteiger partial charge in [-0.05, 0) is 61.2 Å². The van der Waals surface area contributed by atoms with Crippen LogP contribution in [-0.4, -0.2) is 25.2 Å². The van der Waals surface area contributed by atoms with Crippen LogP contribution in [-0.2, 0) is 30.0 Å². The number of rotatable bonds is 8. The number of anilines is 1. The number of sulfonamides is 1. The van der Waals surface area contributed by atoms with Crippen molar-refractivity contribution >= 4 is 15.7 Å². The molecule has 7 heteroatoms. The lowest BCUT2D eigenvalue weighted by Crippen LogP contribution is -2.15. The molecule has 2 N–H and O–H groups in total. The van der Waals surface area contributed by atoms with Crippen molar-refractivity contribution in [3.63, 3.8) is 0 Å². The first-order valence-electron chi connectivity index (χ1n) is 10.1. The second kappa shape index (κ2) is 9.02. The third-order valence-corrected chi connectivity index (χ3v) is 6.42. The van der Waals surface area contributed by atoms with Gasteiger partial charge in [0.25, 0.3) is 10.0 Å². The molecule has 0 aliphatic carbocycles. The van der Waals surface area contributed by atoms with Crippen molar-refractivity contribution in [3.05, 3.63) is 65.5 Å². The van der Waals surface area contributed by atoms with Gasteiger partial charge in [0.15, 0.2) is 0 Å². The zero-order chi connectivity index (χ0) is 21.9. The van der Waals surface area contributed by atoms with Gasteiger partial charge in [0, 0.05) is 13.6 Å². The summed E-state index contributed by atoms with van der Waals surface area (Å²) >= 11 is 0. The van der Waals surface area contributed by atoms with Gasteiger partial charge in [-0.3, -0.25) is 9.40 Å². The molecule has 3 aromatic rings. The fourth-order valence-corrected chi connectivity index (χ4v) is 4.57. The quantitative estimate of drug-likeness (QED) is 0.568. The summed E-state index contributed by atoms with van der Waals surface area (Å²) in [5.74, 6) is 0.375. The van der Waals surface area contributed by atoms with Crippen LogP contribution in [0.25, 0.3) is 11.1 Å². The number of hydrogen-bond donors (Lipinski definition) is 2. The van der Waals surface area contributed by atoms with E-state index >= 15 is 0 Å². The van der Waals surface area contributed by atoms with Gasteiger partial charge in [0.2, 0.25) is 0 Å². The van der Waals surface area contributed by atoms with Gasteiger partial charge in [0.1, 0.15) is 0 Å². The average Bonchev–Trinajstić information content (AvgIpc) is 2.95. The van der Waals surface area contributed by atoms with Crippen molar-refractivity contribution in [1.29, 1.82) is 0 Å². The SMILES string of the molecule is CNCc1cccc(-c2ccc(S(=O)(=O)Nc3c(CC(C)C)nn(C)c3C)cc2)c1. The molecule has 0 saturated heterocycles. The second-order valence-corrected chi connectivity index (χ2v) is 9.67. The largest absolute Gasteiger partial charge is 0.316 e. The van der Waals surface area contributed by atoms with Crippen molar-refractivity contribution in [2.75, 3.05) is 11.8 Å². The highest BCUT2D eigenvalue weighted by Gasteiger charge is 2.21. The van der Waals surface area contributed by atoms with Gasteiger partial charge in [-0.2, -0.15) is 5.10 Å². The molecular weight excluding hydrogens is 396 g/mol. The summed E-state index contributed by atoms with van der Waals surface area (Å²) in [4.78, 5) is 0.233. The van der Waals surface area contributed by atoms with Crippen LogP contribution in [0.4, 0.5) is 5.69 Å². The number of hydrogen-bond acceptors (Lipinski definition) is 4. The fraction of sp³-hybridized carbons (Fsp3) is 0.348. The molecule has 2 aromatic carbocycles. The second-order valence-electron chi connectivity index (χ2n) is 7.99. The van der Waals surface area contributed by atoms with E-state index in [4.69, 9.17) is 0 Å². The summed E-state index contributed by atoms with van der Waals surface area (Å²) in [5.41, 5.74) is 5.36. The van der Waals surface area contributed by atoms with Crippen molar-refractivity contribution in [1.82, 2.24) is 15.1 Å². The van der Waals surface area contributed by atoms with Crippen molar-refractivity contribution < 1.29 is 8.42 Å². The Labute approximate surface area is 179 Å². The lowest BCUT2D eigenvalue weighted by atomic mass is 10.0. The Hall–Kier alpha value is -2.64. The maximum absolute atomic E-state index is 13.0. The van der Waals surface area contributed by atoms with Crippen LogP contribution in [0.5, 0.6) is 0 Å². The Morgan fingerprint density at radius 2 is 1.77 bits per heavy atom. The molecule has 0 aliphatic heterocycles. The minimum Gasteiger partial charge on any atom is -0.316 e. The van der Waals surface area contributed by atoms with Crippen molar-refractivity contribution in [2.24, 2.45) is 13.0 Å². The van der Waals surface area contributed by atoms with Crippen LogP contribution >= 0.6 is 0 Å². The fourth-order valence-electron chi connectivity index (χ4n) is 3.42. The maximum Gasteiger partial charge on any atom is 0.262 e. The summed E-state index contributed by atoms with van der Waals surface area (Å²) in [6.45, 7) is 6.84. The Morgan fingerprint density at radius 1 is 1.07 bits per heavy atom. The van der Waals surface area contributed by atoms with Crippen LogP contribution < -0.4 is 10.0 Å². The molecule has 1 heterocycles. The van der Waals surface area contributed by atoms with Gasteiger partial charge in [-0.1, -0.05) is 44.2 Å². The first-order chi connectivity index (χ1) is 14.2. The number of benzene rings is 2. The molecule has 0 bridgehead atoms. The first-order valence-corrected chi connectivity index (χ1v) is 11.6. The summed E-state index contributed by atoms with van der Waals surface area (Å²) in [6.07, 6.45) is 0.710. The molecule has 0 amide bonds. The topological polar surface area (TPSA) is 76.0 Å². The maximum atomic E-state index is 13.0. The van der Waals surface area contributed by atoms with Gasteiger partial charge in [-0.15, -0.1) is 0 Å². The monoisotopic (exact) mass is 426 g/mol. The van der Waals surface area contributed by atoms with Crippen LogP contribution in [0.15, 0.2) is 53.4 Å². The van der Waals surface area contributed by atoms with E-state index in [-0.39, 0.29) is 4.90 Å². The first kappa shape index (κ1) is 22.1. The van der Waals surface area contributed by atoms with Crippen LogP contribution in [0.2, 0.25) is 0 Å². The molecule has 160 valence electrons. The van der Waals surface area contributed by atoms with E-state index < -0.39 is 10.0 Å². The van der Waals surface area contributed by atoms with Crippen molar-refractivity contribution in [2.45, 2.75) is 38.6 Å². The van der Waals surface area contributed by atoms with E-state index in [0.29, 0.717) is 18.0 Å². The average molecular weight is 427 g/mol. The number of aromatic nitrogens is 2. The Balaban J connectivity index is 1.87. The van der Waals surface area contributed by atoms with E-state index in [2.05, 4.69) is 41.1 Å². The summed E-state index contributed by atoms with van der Waals surface area (Å²) in [6, 6.07) is 15.2. The molecule has 0 radical (unpaired) electrons. The normalized spacial score (nSPS) is 11.8. The lowest BCUT2D eigenvalue weighted by Gasteiger charge is -2.11. The zero-order valence-electron chi connectivity index (χ0n) is 18.2. The highest BCUT2D eigenvalue weighted by atomic mass is 32.2. The molecule has 3 rings (SSSR count). The molecule has 30 heavy (non-hydrogen) atoms. The van der Waals surface area contributed by atoms with E-state index in [1.165, 1.54) is 5.56 Å². The molecule has 6 nitrogen and oxygen atoms in total. The Morgan fingerprint density at radius 3 is 2.40 bits per heavy atom. The van der Waals surface area contributed by atoms with Crippen molar-refractivity contribution in [3.8, 4) is 11.1 Å². The molecule has 0 aliphatic rings. The molecule has 1 aromatic heterocycles. The zero-order valence-corrected chi connectivity index (χ0v) is 19.0. The Bertz CT molecular complexity index is 1120. The minimum absolute atomic E-state index is 0.233. The molecule has 0 unspecified atom stereocenters. The van der Waals surface area contributed by atoms with Gasteiger partial charge >= 0.3 is 0 Å². The summed E-state index contributed by atoms with van der Waals surface area (Å²) < 4.78 is 30.5. The van der Waals surface area contributed by atoms with E-state index in [1.54, 1.807) is 16.8 Å². The number of nitrogens with zero attached hydrogens (tertiary/aromatic N) is 2. The number of aryl methyl sites for hydroxylation is 1. The van der Waals surface area contributed by atoms with Gasteiger partial charge in [0.05, 0.1) is 22.0 Å². The van der Waals surface area contributed by atoms with Crippen LogP contribution in [0.3, 0.4) is 0 Å². The van der Waals surface area contributed by atoms with Gasteiger partial charge < -0.3 is 5.32 Å². The van der Waals surface area contributed by atoms with Crippen LogP contribution in [0, 0.1) is 12.8 Å². The third-order valence-electron chi connectivity index (χ3n) is 5.05. The van der Waals surface area contributed by atoms with Gasteiger partial charge in [-0.25, -0.2) is 8.42 Å². The molecule has 0 saturated carbocycles. The standard InChI is InChI=1S/C23H30N4O2S/c1-16(2)13-22-23(17(3)27(5)25-22)26-30(28,29)21-11-9-19(10-12-21)20-8-6-7-18(14-20)15-24-4/h6-12,14,16,24,26H,13,15H2,1-5H3. The number of nitrogens with one attached hydrogen (secondary N) is 2. The minimum atomic E-state index is -3.71. The third kappa shape index (κ3) is 4.91. The van der Waals surface area contributed by atoms with E-state index in [1.807, 2.05) is 45.3 Å². The van der Waals surface area contributed by atoms with E-state index in [9.17, 15) is 8.42 Å². The Kier molecular flexibility index (Phi) is 6.63. The predicted octanol–water partition coefficient (Wildman–Crippen LogP) is 4.11. The van der Waals surface area contributed by atoms with E-state index in [0.717, 1.165) is 29.1 Å². The summed E-state index contributed by atoms with van der Waals surface area (Å²) in [5, 5.41) is 7.63. The lowest BCUT2D eigenvalue weighted by molar-refractivity contribution is 0.600. The highest BCUT2D eigenvalue weighted by molar-refractivity contribution is 7.92. The predicted molar refractivity (Wildman–Crippen MR) is 122 cm³/mol.